The molecule has 1 amide bonds. The minimum absolute atomic E-state index is 0.0501. The lowest BCUT2D eigenvalue weighted by Crippen LogP contribution is -2.45. The molecule has 5 heteroatoms. The average Bonchev–Trinajstić information content (AvgIpc) is 2.57. The minimum atomic E-state index is -0.345. The van der Waals surface area contributed by atoms with Gasteiger partial charge in [0.25, 0.3) is 0 Å². The molecule has 0 spiro atoms. The topological polar surface area (TPSA) is 49.9 Å². The highest BCUT2D eigenvalue weighted by molar-refractivity contribution is 5.98. The third-order valence-corrected chi connectivity index (χ3v) is 4.01. The van der Waals surface area contributed by atoms with Gasteiger partial charge >= 0.3 is 5.97 Å². The van der Waals surface area contributed by atoms with Crippen molar-refractivity contribution >= 4 is 23.3 Å². The molecule has 0 saturated carbocycles. The van der Waals surface area contributed by atoms with E-state index in [0.29, 0.717) is 12.3 Å². The van der Waals surface area contributed by atoms with E-state index in [-0.39, 0.29) is 25.0 Å². The van der Waals surface area contributed by atoms with Gasteiger partial charge in [-0.3, -0.25) is 4.79 Å². The van der Waals surface area contributed by atoms with Gasteiger partial charge in [-0.05, 0) is 43.7 Å². The van der Waals surface area contributed by atoms with Gasteiger partial charge in [0, 0.05) is 12.2 Å². The Hall–Kier alpha value is -2.82. The molecule has 0 N–H and O–H groups in total. The number of fused-ring (bicyclic) bond motifs is 1. The van der Waals surface area contributed by atoms with E-state index >= 15 is 0 Å². The zero-order valence-electron chi connectivity index (χ0n) is 13.9. The van der Waals surface area contributed by atoms with E-state index in [1.54, 1.807) is 15.9 Å². The first-order valence-electron chi connectivity index (χ1n) is 8.00. The van der Waals surface area contributed by atoms with Crippen LogP contribution in [0.1, 0.15) is 12.5 Å². The number of anilines is 2. The van der Waals surface area contributed by atoms with Crippen LogP contribution in [-0.4, -0.2) is 31.5 Å². The van der Waals surface area contributed by atoms with E-state index in [2.05, 4.69) is 0 Å². The third kappa shape index (κ3) is 3.25. The second-order valence-corrected chi connectivity index (χ2v) is 5.77. The molecule has 5 nitrogen and oxygen atoms in total. The van der Waals surface area contributed by atoms with Gasteiger partial charge in [0.15, 0.2) is 5.75 Å². The first kappa shape index (κ1) is 16.1. The van der Waals surface area contributed by atoms with Crippen molar-refractivity contribution in [2.24, 2.45) is 0 Å². The van der Waals surface area contributed by atoms with E-state index in [9.17, 15) is 9.59 Å². The molecule has 0 radical (unpaired) electrons. The van der Waals surface area contributed by atoms with Crippen LogP contribution in [0.5, 0.6) is 5.75 Å². The molecule has 2 aromatic rings. The van der Waals surface area contributed by atoms with Gasteiger partial charge in [-0.25, -0.2) is 4.79 Å². The van der Waals surface area contributed by atoms with Gasteiger partial charge in [-0.1, -0.05) is 24.3 Å². The van der Waals surface area contributed by atoms with Crippen molar-refractivity contribution in [1.29, 1.82) is 0 Å². The van der Waals surface area contributed by atoms with Crippen LogP contribution in [0.2, 0.25) is 0 Å². The number of likely N-dealkylation sites (N-methyl/N-ethyl adjacent to an activating group) is 1. The summed E-state index contributed by atoms with van der Waals surface area (Å²) < 4.78 is 5.26. The molecule has 124 valence electrons. The average molecular weight is 324 g/mol. The number of carbonyl (C=O) groups is 2. The fourth-order valence-corrected chi connectivity index (χ4v) is 2.86. The van der Waals surface area contributed by atoms with Crippen molar-refractivity contribution in [3.8, 4) is 5.75 Å². The molecule has 0 bridgehead atoms. The molecule has 1 aliphatic rings. The molecule has 1 heterocycles. The number of hydrogen-bond donors (Lipinski definition) is 0. The summed E-state index contributed by atoms with van der Waals surface area (Å²) in [5.41, 5.74) is 2.70. The highest BCUT2D eigenvalue weighted by atomic mass is 16.5. The molecular weight excluding hydrogens is 304 g/mol. The van der Waals surface area contributed by atoms with Gasteiger partial charge in [0.1, 0.15) is 6.54 Å². The van der Waals surface area contributed by atoms with E-state index in [4.69, 9.17) is 4.74 Å². The van der Waals surface area contributed by atoms with Crippen molar-refractivity contribution in [3.05, 3.63) is 54.1 Å². The van der Waals surface area contributed by atoms with Crippen LogP contribution in [0.25, 0.3) is 0 Å². The number of amides is 1. The van der Waals surface area contributed by atoms with E-state index in [1.807, 2.05) is 56.3 Å². The van der Waals surface area contributed by atoms with Crippen LogP contribution in [-0.2, 0) is 9.59 Å². The summed E-state index contributed by atoms with van der Waals surface area (Å²) >= 11 is 0. The molecule has 0 fully saturated rings. The quantitative estimate of drug-likeness (QED) is 0.641. The predicted octanol–water partition coefficient (Wildman–Crippen LogP) is 2.77. The second-order valence-electron chi connectivity index (χ2n) is 5.77. The monoisotopic (exact) mass is 324 g/mol. The van der Waals surface area contributed by atoms with Crippen LogP contribution < -0.4 is 14.5 Å². The molecular formula is C19H20N2O3. The summed E-state index contributed by atoms with van der Waals surface area (Å²) in [7, 11) is 0. The molecule has 0 saturated heterocycles. The van der Waals surface area contributed by atoms with Crippen molar-refractivity contribution in [2.75, 3.05) is 29.4 Å². The zero-order valence-corrected chi connectivity index (χ0v) is 13.9. The number of aryl methyl sites for hydroxylation is 1. The molecule has 2 aromatic carbocycles. The summed E-state index contributed by atoms with van der Waals surface area (Å²) in [4.78, 5) is 28.1. The van der Waals surface area contributed by atoms with Gasteiger partial charge in [0.2, 0.25) is 5.91 Å². The maximum Gasteiger partial charge on any atom is 0.331 e. The Kier molecular flexibility index (Phi) is 4.51. The smallest absolute Gasteiger partial charge is 0.331 e. The number of benzene rings is 2. The number of esters is 1. The summed E-state index contributed by atoms with van der Waals surface area (Å²) in [6.07, 6.45) is 0. The third-order valence-electron chi connectivity index (χ3n) is 4.01. The molecule has 0 aliphatic carbocycles. The zero-order chi connectivity index (χ0) is 17.1. The molecule has 1 aliphatic heterocycles. The Morgan fingerprint density at radius 2 is 1.96 bits per heavy atom. The predicted molar refractivity (Wildman–Crippen MR) is 93.5 cm³/mol. The Morgan fingerprint density at radius 1 is 1.21 bits per heavy atom. The number of carbonyl (C=O) groups excluding carboxylic acids is 2. The van der Waals surface area contributed by atoms with E-state index < -0.39 is 0 Å². The van der Waals surface area contributed by atoms with Crippen molar-refractivity contribution in [3.63, 3.8) is 0 Å². The summed E-state index contributed by atoms with van der Waals surface area (Å²) in [6, 6.07) is 15.1. The standard InChI is InChI=1S/C19H20N2O3/c1-3-21(15-7-5-4-6-8-15)18(22)12-20-13-19(23)24-17-10-9-14(2)11-16(17)20/h4-11H,3,12-13H2,1-2H3. The van der Waals surface area contributed by atoms with Crippen molar-refractivity contribution in [2.45, 2.75) is 13.8 Å². The number of hydrogen-bond acceptors (Lipinski definition) is 4. The molecule has 24 heavy (non-hydrogen) atoms. The van der Waals surface area contributed by atoms with E-state index in [1.165, 1.54) is 0 Å². The van der Waals surface area contributed by atoms with Gasteiger partial charge in [-0.2, -0.15) is 0 Å². The van der Waals surface area contributed by atoms with Crippen LogP contribution in [0, 0.1) is 6.92 Å². The molecule has 0 aromatic heterocycles. The summed E-state index contributed by atoms with van der Waals surface area (Å²) in [5, 5.41) is 0. The second kappa shape index (κ2) is 6.74. The lowest BCUT2D eigenvalue weighted by Gasteiger charge is -2.31. The number of ether oxygens (including phenoxy) is 1. The number of para-hydroxylation sites is 1. The van der Waals surface area contributed by atoms with Gasteiger partial charge in [-0.15, -0.1) is 0 Å². The maximum atomic E-state index is 12.8. The highest BCUT2D eigenvalue weighted by Crippen LogP contribution is 2.32. The molecule has 0 atom stereocenters. The highest BCUT2D eigenvalue weighted by Gasteiger charge is 2.27. The molecule has 0 unspecified atom stereocenters. The fraction of sp³-hybridized carbons (Fsp3) is 0.263. The molecule has 3 rings (SSSR count). The first-order chi connectivity index (χ1) is 11.6. The maximum absolute atomic E-state index is 12.8. The Morgan fingerprint density at radius 3 is 2.67 bits per heavy atom. The normalized spacial score (nSPS) is 13.2. The van der Waals surface area contributed by atoms with Crippen molar-refractivity contribution < 1.29 is 14.3 Å². The fourth-order valence-electron chi connectivity index (χ4n) is 2.86. The Labute approximate surface area is 141 Å². The SMILES string of the molecule is CCN(C(=O)CN1CC(=O)Oc2ccc(C)cc21)c1ccccc1. The first-order valence-corrected chi connectivity index (χ1v) is 8.00. The number of nitrogens with zero attached hydrogens (tertiary/aromatic N) is 2. The Balaban J connectivity index is 1.84. The minimum Gasteiger partial charge on any atom is -0.423 e. The Bertz CT molecular complexity index is 758. The summed E-state index contributed by atoms with van der Waals surface area (Å²) in [5.74, 6) is 0.111. The number of rotatable bonds is 4. The van der Waals surface area contributed by atoms with Gasteiger partial charge in [0.05, 0.1) is 12.2 Å². The lowest BCUT2D eigenvalue weighted by molar-refractivity contribution is -0.133. The van der Waals surface area contributed by atoms with Crippen LogP contribution in [0.15, 0.2) is 48.5 Å². The van der Waals surface area contributed by atoms with Crippen LogP contribution in [0.3, 0.4) is 0 Å². The lowest BCUT2D eigenvalue weighted by atomic mass is 10.1. The van der Waals surface area contributed by atoms with Crippen molar-refractivity contribution in [1.82, 2.24) is 0 Å². The van der Waals surface area contributed by atoms with E-state index in [0.717, 1.165) is 16.9 Å². The largest absolute Gasteiger partial charge is 0.423 e. The van der Waals surface area contributed by atoms with Crippen LogP contribution >= 0.6 is 0 Å². The van der Waals surface area contributed by atoms with Gasteiger partial charge < -0.3 is 14.5 Å². The van der Waals surface area contributed by atoms with Crippen LogP contribution in [0.4, 0.5) is 11.4 Å². The summed E-state index contributed by atoms with van der Waals surface area (Å²) in [6.45, 7) is 4.69.